The van der Waals surface area contributed by atoms with Gasteiger partial charge in [0.15, 0.2) is 0 Å². The third kappa shape index (κ3) is 5.33. The van der Waals surface area contributed by atoms with E-state index in [0.717, 1.165) is 24.3 Å². The molecule has 2 nitrogen and oxygen atoms in total. The van der Waals surface area contributed by atoms with Gasteiger partial charge in [-0.15, -0.1) is 0 Å². The zero-order valence-electron chi connectivity index (χ0n) is 14.2. The molecular weight excluding hydrogens is 291 g/mol. The molecule has 0 aromatic heterocycles. The molecule has 0 radical (unpaired) electrons. The van der Waals surface area contributed by atoms with Crippen molar-refractivity contribution in [3.63, 3.8) is 0 Å². The van der Waals surface area contributed by atoms with Crippen molar-refractivity contribution in [3.05, 3.63) is 35.1 Å². The van der Waals surface area contributed by atoms with E-state index in [-0.39, 0.29) is 5.56 Å². The van der Waals surface area contributed by atoms with Crippen LogP contribution in [0.2, 0.25) is 0 Å². The SMILES string of the molecule is CCCCCCC[C@H]1CC[C@H](c2ccc(C(=O)O)c(F)c2)CC1. The summed E-state index contributed by atoms with van der Waals surface area (Å²) in [7, 11) is 0. The number of carbonyl (C=O) groups is 1. The van der Waals surface area contributed by atoms with Gasteiger partial charge in [0.1, 0.15) is 5.82 Å². The van der Waals surface area contributed by atoms with Crippen molar-refractivity contribution in [2.45, 2.75) is 77.0 Å². The zero-order valence-corrected chi connectivity index (χ0v) is 14.2. The number of aromatic carboxylic acids is 1. The highest BCUT2D eigenvalue weighted by molar-refractivity contribution is 5.87. The van der Waals surface area contributed by atoms with Gasteiger partial charge in [-0.25, -0.2) is 9.18 Å². The number of halogens is 1. The van der Waals surface area contributed by atoms with Gasteiger partial charge in [0, 0.05) is 0 Å². The first-order valence-electron chi connectivity index (χ1n) is 9.14. The minimum Gasteiger partial charge on any atom is -0.478 e. The number of hydrogen-bond donors (Lipinski definition) is 1. The molecule has 1 saturated carbocycles. The van der Waals surface area contributed by atoms with Gasteiger partial charge in [-0.2, -0.15) is 0 Å². The Morgan fingerprint density at radius 2 is 1.83 bits per heavy atom. The topological polar surface area (TPSA) is 37.3 Å². The monoisotopic (exact) mass is 320 g/mol. The van der Waals surface area contributed by atoms with Crippen LogP contribution in [0.5, 0.6) is 0 Å². The van der Waals surface area contributed by atoms with Crippen LogP contribution in [0.15, 0.2) is 18.2 Å². The van der Waals surface area contributed by atoms with Gasteiger partial charge in [0.25, 0.3) is 0 Å². The molecule has 0 spiro atoms. The van der Waals surface area contributed by atoms with Crippen molar-refractivity contribution in [1.82, 2.24) is 0 Å². The van der Waals surface area contributed by atoms with E-state index in [2.05, 4.69) is 6.92 Å². The smallest absolute Gasteiger partial charge is 0.338 e. The Morgan fingerprint density at radius 3 is 2.43 bits per heavy atom. The Bertz CT molecular complexity index is 504. The molecule has 1 aliphatic carbocycles. The maximum absolute atomic E-state index is 13.8. The molecule has 0 aliphatic heterocycles. The number of rotatable bonds is 8. The molecule has 0 unspecified atom stereocenters. The average molecular weight is 320 g/mol. The van der Waals surface area contributed by atoms with E-state index in [0.29, 0.717) is 5.92 Å². The minimum atomic E-state index is -1.19. The van der Waals surface area contributed by atoms with Crippen LogP contribution in [-0.4, -0.2) is 11.1 Å². The fourth-order valence-corrected chi connectivity index (χ4v) is 3.78. The van der Waals surface area contributed by atoms with Crippen molar-refractivity contribution >= 4 is 5.97 Å². The third-order valence-electron chi connectivity index (χ3n) is 5.26. The van der Waals surface area contributed by atoms with E-state index in [1.807, 2.05) is 0 Å². The molecule has 1 aromatic rings. The van der Waals surface area contributed by atoms with Crippen LogP contribution in [0.4, 0.5) is 4.39 Å². The number of carboxylic acid groups (broad SMARTS) is 1. The second-order valence-electron chi connectivity index (χ2n) is 6.96. The highest BCUT2D eigenvalue weighted by Gasteiger charge is 2.23. The van der Waals surface area contributed by atoms with Crippen LogP contribution < -0.4 is 0 Å². The normalized spacial score (nSPS) is 21.3. The first kappa shape index (κ1) is 18.0. The summed E-state index contributed by atoms with van der Waals surface area (Å²) in [6, 6.07) is 4.63. The summed E-state index contributed by atoms with van der Waals surface area (Å²) >= 11 is 0. The van der Waals surface area contributed by atoms with Gasteiger partial charge in [-0.3, -0.25) is 0 Å². The molecule has 0 heterocycles. The Balaban J connectivity index is 1.78. The maximum Gasteiger partial charge on any atom is 0.338 e. The molecule has 128 valence electrons. The summed E-state index contributed by atoms with van der Waals surface area (Å²) in [5.41, 5.74) is 0.739. The van der Waals surface area contributed by atoms with Gasteiger partial charge in [-0.05, 0) is 55.2 Å². The minimum absolute atomic E-state index is 0.227. The summed E-state index contributed by atoms with van der Waals surface area (Å²) in [6.45, 7) is 2.24. The Hall–Kier alpha value is -1.38. The van der Waals surface area contributed by atoms with Crippen LogP contribution >= 0.6 is 0 Å². The lowest BCUT2D eigenvalue weighted by Crippen LogP contribution is -2.14. The van der Waals surface area contributed by atoms with E-state index in [1.54, 1.807) is 6.07 Å². The van der Waals surface area contributed by atoms with Crippen LogP contribution in [-0.2, 0) is 0 Å². The molecule has 3 heteroatoms. The molecule has 1 aromatic carbocycles. The molecular formula is C20H29FO2. The first-order chi connectivity index (χ1) is 11.1. The molecule has 1 fully saturated rings. The standard InChI is InChI=1S/C20H29FO2/c1-2-3-4-5-6-7-15-8-10-16(11-9-15)17-12-13-18(20(22)23)19(21)14-17/h12-16H,2-11H2,1H3,(H,22,23)/t15-,16-. The van der Waals surface area contributed by atoms with Crippen LogP contribution in [0, 0.1) is 11.7 Å². The molecule has 0 atom stereocenters. The lowest BCUT2D eigenvalue weighted by molar-refractivity contribution is 0.0692. The molecule has 0 saturated heterocycles. The number of benzene rings is 1. The zero-order chi connectivity index (χ0) is 16.7. The largest absolute Gasteiger partial charge is 0.478 e. The van der Waals surface area contributed by atoms with Gasteiger partial charge in [-0.1, -0.05) is 51.5 Å². The second kappa shape index (κ2) is 9.05. The van der Waals surface area contributed by atoms with E-state index in [4.69, 9.17) is 5.11 Å². The Morgan fingerprint density at radius 1 is 1.13 bits per heavy atom. The van der Waals surface area contributed by atoms with Gasteiger partial charge in [0.2, 0.25) is 0 Å². The van der Waals surface area contributed by atoms with Gasteiger partial charge >= 0.3 is 5.97 Å². The van der Waals surface area contributed by atoms with Crippen molar-refractivity contribution in [1.29, 1.82) is 0 Å². The highest BCUT2D eigenvalue weighted by atomic mass is 19.1. The third-order valence-corrected chi connectivity index (χ3v) is 5.26. The molecule has 0 amide bonds. The summed E-state index contributed by atoms with van der Waals surface area (Å²) in [5.74, 6) is -0.575. The lowest BCUT2D eigenvalue weighted by Gasteiger charge is -2.29. The molecule has 0 bridgehead atoms. The molecule has 1 N–H and O–H groups in total. The molecule has 1 aliphatic rings. The summed E-state index contributed by atoms with van der Waals surface area (Å²) < 4.78 is 13.8. The number of hydrogen-bond acceptors (Lipinski definition) is 1. The van der Waals surface area contributed by atoms with Crippen molar-refractivity contribution in [2.75, 3.05) is 0 Å². The van der Waals surface area contributed by atoms with Crippen LogP contribution in [0.25, 0.3) is 0 Å². The van der Waals surface area contributed by atoms with Crippen molar-refractivity contribution in [2.24, 2.45) is 5.92 Å². The fourth-order valence-electron chi connectivity index (χ4n) is 3.78. The van der Waals surface area contributed by atoms with Crippen molar-refractivity contribution < 1.29 is 14.3 Å². The maximum atomic E-state index is 13.8. The summed E-state index contributed by atoms with van der Waals surface area (Å²) in [5, 5.41) is 8.90. The summed E-state index contributed by atoms with van der Waals surface area (Å²) in [4.78, 5) is 10.9. The lowest BCUT2D eigenvalue weighted by atomic mass is 9.77. The predicted molar refractivity (Wildman–Crippen MR) is 91.4 cm³/mol. The first-order valence-corrected chi connectivity index (χ1v) is 9.14. The number of carboxylic acids is 1. The Labute approximate surface area is 139 Å². The average Bonchev–Trinajstić information content (AvgIpc) is 2.55. The molecule has 23 heavy (non-hydrogen) atoms. The quantitative estimate of drug-likeness (QED) is 0.582. The van der Waals surface area contributed by atoms with Gasteiger partial charge < -0.3 is 5.11 Å². The Kier molecular flexibility index (Phi) is 7.07. The van der Waals surface area contributed by atoms with E-state index >= 15 is 0 Å². The predicted octanol–water partition coefficient (Wildman–Crippen LogP) is 6.16. The van der Waals surface area contributed by atoms with Crippen LogP contribution in [0.1, 0.15) is 93.0 Å². The van der Waals surface area contributed by atoms with Gasteiger partial charge in [0.05, 0.1) is 5.56 Å². The van der Waals surface area contributed by atoms with Crippen molar-refractivity contribution in [3.8, 4) is 0 Å². The van der Waals surface area contributed by atoms with E-state index in [1.165, 1.54) is 63.5 Å². The highest BCUT2D eigenvalue weighted by Crippen LogP contribution is 2.38. The summed E-state index contributed by atoms with van der Waals surface area (Å²) in [6.07, 6.45) is 12.7. The second-order valence-corrected chi connectivity index (χ2v) is 6.96. The number of unbranched alkanes of at least 4 members (excludes halogenated alkanes) is 4. The van der Waals surface area contributed by atoms with E-state index in [9.17, 15) is 9.18 Å². The molecule has 2 rings (SSSR count). The van der Waals surface area contributed by atoms with Crippen LogP contribution in [0.3, 0.4) is 0 Å². The fraction of sp³-hybridized carbons (Fsp3) is 0.650. The van der Waals surface area contributed by atoms with E-state index < -0.39 is 11.8 Å².